The van der Waals surface area contributed by atoms with Crippen molar-refractivity contribution in [3.63, 3.8) is 0 Å². The molecule has 2 heterocycles. The molecule has 1 saturated heterocycles. The van der Waals surface area contributed by atoms with E-state index in [0.717, 1.165) is 13.1 Å². The Morgan fingerprint density at radius 3 is 2.41 bits per heavy atom. The Labute approximate surface area is 198 Å². The minimum absolute atomic E-state index is 0.0823. The summed E-state index contributed by atoms with van der Waals surface area (Å²) in [6.45, 7) is 3.12. The van der Waals surface area contributed by atoms with E-state index in [1.165, 1.54) is 0 Å². The highest BCUT2D eigenvalue weighted by Gasteiger charge is 2.16. The van der Waals surface area contributed by atoms with Crippen LogP contribution in [0.4, 0.5) is 22.9 Å². The third kappa shape index (κ3) is 6.09. The van der Waals surface area contributed by atoms with Gasteiger partial charge in [0.15, 0.2) is 0 Å². The third-order valence-corrected chi connectivity index (χ3v) is 5.31. The summed E-state index contributed by atoms with van der Waals surface area (Å²) in [7, 11) is 1.58. The second-order valence-corrected chi connectivity index (χ2v) is 7.69. The van der Waals surface area contributed by atoms with Crippen LogP contribution in [0.2, 0.25) is 0 Å². The van der Waals surface area contributed by atoms with Gasteiger partial charge in [-0.05, 0) is 48.5 Å². The molecule has 0 bridgehead atoms. The fourth-order valence-electron chi connectivity index (χ4n) is 3.56. The highest BCUT2D eigenvalue weighted by molar-refractivity contribution is 6.08. The first-order valence-electron chi connectivity index (χ1n) is 11.0. The molecule has 1 aromatic heterocycles. The van der Waals surface area contributed by atoms with Gasteiger partial charge >= 0.3 is 0 Å². The van der Waals surface area contributed by atoms with Crippen molar-refractivity contribution in [3.8, 4) is 5.75 Å². The van der Waals surface area contributed by atoms with Crippen LogP contribution in [0.3, 0.4) is 0 Å². The molecule has 0 unspecified atom stereocenters. The average Bonchev–Trinajstić information content (AvgIpc) is 2.86. The number of pyridine rings is 1. The zero-order valence-corrected chi connectivity index (χ0v) is 18.9. The molecule has 34 heavy (non-hydrogen) atoms. The number of amides is 2. The SMILES string of the molecule is COc1ccccc1Nc1ncccc1C(=O)Nc1ccc(NC(=O)CN2CCOCC2)cc1. The summed E-state index contributed by atoms with van der Waals surface area (Å²) < 4.78 is 10.7. The molecule has 1 fully saturated rings. The summed E-state index contributed by atoms with van der Waals surface area (Å²) in [5, 5.41) is 8.92. The van der Waals surface area contributed by atoms with E-state index in [4.69, 9.17) is 9.47 Å². The Morgan fingerprint density at radius 1 is 0.971 bits per heavy atom. The number of carbonyl (C=O) groups is 2. The summed E-state index contributed by atoms with van der Waals surface area (Å²) in [5.41, 5.74) is 2.35. The lowest BCUT2D eigenvalue weighted by atomic mass is 10.2. The van der Waals surface area contributed by atoms with Crippen LogP contribution in [-0.4, -0.2) is 61.7 Å². The predicted molar refractivity (Wildman–Crippen MR) is 131 cm³/mol. The molecule has 2 amide bonds. The molecule has 1 aliphatic heterocycles. The number of ether oxygens (including phenoxy) is 2. The highest BCUT2D eigenvalue weighted by Crippen LogP contribution is 2.28. The van der Waals surface area contributed by atoms with E-state index in [1.54, 1.807) is 49.7 Å². The average molecular weight is 462 g/mol. The zero-order chi connectivity index (χ0) is 23.8. The molecule has 0 radical (unpaired) electrons. The van der Waals surface area contributed by atoms with E-state index in [1.807, 2.05) is 24.3 Å². The molecule has 9 heteroatoms. The van der Waals surface area contributed by atoms with Crippen LogP contribution in [0.5, 0.6) is 5.75 Å². The van der Waals surface area contributed by atoms with Gasteiger partial charge in [0.2, 0.25) is 5.91 Å². The molecule has 4 rings (SSSR count). The summed E-state index contributed by atoms with van der Waals surface area (Å²) in [6, 6.07) is 17.8. The van der Waals surface area contributed by atoms with Crippen molar-refractivity contribution in [2.75, 3.05) is 55.9 Å². The van der Waals surface area contributed by atoms with Gasteiger partial charge in [-0.2, -0.15) is 0 Å². The van der Waals surface area contributed by atoms with E-state index < -0.39 is 0 Å². The number of para-hydroxylation sites is 2. The summed E-state index contributed by atoms with van der Waals surface area (Å²) in [6.07, 6.45) is 1.61. The molecule has 9 nitrogen and oxygen atoms in total. The van der Waals surface area contributed by atoms with Gasteiger partial charge in [0.1, 0.15) is 11.6 Å². The number of hydrogen-bond acceptors (Lipinski definition) is 7. The molecule has 3 aromatic rings. The molecule has 2 aromatic carbocycles. The van der Waals surface area contributed by atoms with Crippen molar-refractivity contribution < 1.29 is 19.1 Å². The number of anilines is 4. The van der Waals surface area contributed by atoms with Crippen LogP contribution < -0.4 is 20.7 Å². The lowest BCUT2D eigenvalue weighted by molar-refractivity contribution is -0.118. The number of nitrogens with one attached hydrogen (secondary N) is 3. The standard InChI is InChI=1S/C25H27N5O4/c1-33-22-7-3-2-6-21(22)29-24-20(5-4-12-26-24)25(32)28-19-10-8-18(9-11-19)27-23(31)17-30-13-15-34-16-14-30/h2-12H,13-17H2,1H3,(H,26,29)(H,27,31)(H,28,32). The predicted octanol–water partition coefficient (Wildman–Crippen LogP) is 3.36. The molecular formula is C25H27N5O4. The minimum atomic E-state index is -0.311. The summed E-state index contributed by atoms with van der Waals surface area (Å²) in [4.78, 5) is 31.6. The first kappa shape index (κ1) is 23.2. The fraction of sp³-hybridized carbons (Fsp3) is 0.240. The van der Waals surface area contributed by atoms with E-state index in [0.29, 0.717) is 54.0 Å². The van der Waals surface area contributed by atoms with Gasteiger partial charge in [-0.3, -0.25) is 14.5 Å². The first-order valence-corrected chi connectivity index (χ1v) is 11.0. The normalized spacial score (nSPS) is 13.7. The van der Waals surface area contributed by atoms with Gasteiger partial charge in [-0.15, -0.1) is 0 Å². The van der Waals surface area contributed by atoms with E-state index in [2.05, 4.69) is 25.8 Å². The molecule has 0 spiro atoms. The van der Waals surface area contributed by atoms with Crippen molar-refractivity contribution in [1.82, 2.24) is 9.88 Å². The molecule has 0 atom stereocenters. The van der Waals surface area contributed by atoms with Gasteiger partial charge in [0.05, 0.1) is 38.1 Å². The Morgan fingerprint density at radius 2 is 1.68 bits per heavy atom. The van der Waals surface area contributed by atoms with E-state index in [-0.39, 0.29) is 11.8 Å². The second kappa shape index (κ2) is 11.3. The number of aromatic nitrogens is 1. The van der Waals surface area contributed by atoms with Crippen molar-refractivity contribution in [2.45, 2.75) is 0 Å². The molecule has 0 saturated carbocycles. The maximum absolute atomic E-state index is 13.0. The van der Waals surface area contributed by atoms with Gasteiger partial charge in [0.25, 0.3) is 5.91 Å². The number of benzene rings is 2. The van der Waals surface area contributed by atoms with Gasteiger partial charge < -0.3 is 25.4 Å². The van der Waals surface area contributed by atoms with Crippen LogP contribution in [0.1, 0.15) is 10.4 Å². The van der Waals surface area contributed by atoms with Gasteiger partial charge in [-0.1, -0.05) is 12.1 Å². The topological polar surface area (TPSA) is 105 Å². The molecule has 1 aliphatic rings. The Kier molecular flexibility index (Phi) is 7.69. The number of nitrogens with zero attached hydrogens (tertiary/aromatic N) is 2. The lowest BCUT2D eigenvalue weighted by Gasteiger charge is -2.25. The minimum Gasteiger partial charge on any atom is -0.495 e. The summed E-state index contributed by atoms with van der Waals surface area (Å²) in [5.74, 6) is 0.665. The van der Waals surface area contributed by atoms with Crippen LogP contribution in [-0.2, 0) is 9.53 Å². The molecule has 176 valence electrons. The zero-order valence-electron chi connectivity index (χ0n) is 18.9. The van der Waals surface area contributed by atoms with Crippen molar-refractivity contribution in [1.29, 1.82) is 0 Å². The molecule has 3 N–H and O–H groups in total. The number of hydrogen-bond donors (Lipinski definition) is 3. The maximum atomic E-state index is 13.0. The largest absolute Gasteiger partial charge is 0.495 e. The third-order valence-electron chi connectivity index (χ3n) is 5.31. The Hall–Kier alpha value is -3.95. The van der Waals surface area contributed by atoms with Crippen LogP contribution in [0, 0.1) is 0 Å². The van der Waals surface area contributed by atoms with Crippen molar-refractivity contribution in [2.24, 2.45) is 0 Å². The van der Waals surface area contributed by atoms with Crippen LogP contribution >= 0.6 is 0 Å². The van der Waals surface area contributed by atoms with Gasteiger partial charge in [0, 0.05) is 30.7 Å². The highest BCUT2D eigenvalue weighted by atomic mass is 16.5. The first-order chi connectivity index (χ1) is 16.6. The van der Waals surface area contributed by atoms with E-state index in [9.17, 15) is 9.59 Å². The number of rotatable bonds is 8. The Balaban J connectivity index is 1.38. The molecular weight excluding hydrogens is 434 g/mol. The quantitative estimate of drug-likeness (QED) is 0.472. The monoisotopic (exact) mass is 461 g/mol. The second-order valence-electron chi connectivity index (χ2n) is 7.69. The van der Waals surface area contributed by atoms with Gasteiger partial charge in [-0.25, -0.2) is 4.98 Å². The maximum Gasteiger partial charge on any atom is 0.259 e. The van der Waals surface area contributed by atoms with Crippen LogP contribution in [0.15, 0.2) is 66.9 Å². The van der Waals surface area contributed by atoms with E-state index >= 15 is 0 Å². The lowest BCUT2D eigenvalue weighted by Crippen LogP contribution is -2.41. The van der Waals surface area contributed by atoms with Crippen LogP contribution in [0.25, 0.3) is 0 Å². The summed E-state index contributed by atoms with van der Waals surface area (Å²) >= 11 is 0. The fourth-order valence-corrected chi connectivity index (χ4v) is 3.56. The number of morpholine rings is 1. The molecule has 0 aliphatic carbocycles. The van der Waals surface area contributed by atoms with Crippen molar-refractivity contribution in [3.05, 3.63) is 72.4 Å². The smallest absolute Gasteiger partial charge is 0.259 e. The van der Waals surface area contributed by atoms with Crippen molar-refractivity contribution >= 4 is 34.7 Å². The number of carbonyl (C=O) groups excluding carboxylic acids is 2. The number of methoxy groups -OCH3 is 1. The Bertz CT molecular complexity index is 1130.